The monoisotopic (exact) mass is 482 g/mol. The molecular formula is C25H31ClN6O2. The number of pyridine rings is 2. The van der Waals surface area contributed by atoms with Crippen molar-refractivity contribution in [1.82, 2.24) is 25.6 Å². The van der Waals surface area contributed by atoms with E-state index in [1.165, 1.54) is 0 Å². The predicted molar refractivity (Wildman–Crippen MR) is 134 cm³/mol. The lowest BCUT2D eigenvalue weighted by Crippen LogP contribution is -2.46. The Morgan fingerprint density at radius 1 is 1.00 bits per heavy atom. The van der Waals surface area contributed by atoms with E-state index >= 15 is 0 Å². The van der Waals surface area contributed by atoms with Crippen LogP contribution in [0.2, 0.25) is 5.15 Å². The van der Waals surface area contributed by atoms with E-state index < -0.39 is 6.09 Å². The quantitative estimate of drug-likeness (QED) is 0.309. The van der Waals surface area contributed by atoms with Gasteiger partial charge in [-0.05, 0) is 81.2 Å². The normalized spacial score (nSPS) is 25.2. The number of hydrogen-bond acceptors (Lipinski definition) is 5. The Morgan fingerprint density at radius 3 is 2.38 bits per heavy atom. The summed E-state index contributed by atoms with van der Waals surface area (Å²) in [6.45, 7) is 0. The second-order valence-electron chi connectivity index (χ2n) is 9.52. The van der Waals surface area contributed by atoms with Crippen molar-refractivity contribution in [3.05, 3.63) is 41.8 Å². The van der Waals surface area contributed by atoms with Crippen LogP contribution >= 0.6 is 11.6 Å². The number of H-pyrrole nitrogens is 1. The Hall–Kier alpha value is -2.84. The smallest absolute Gasteiger partial charge is 0.404 e. The number of halogens is 1. The zero-order chi connectivity index (χ0) is 23.5. The van der Waals surface area contributed by atoms with Crippen molar-refractivity contribution < 1.29 is 9.90 Å². The van der Waals surface area contributed by atoms with Crippen LogP contribution in [0.3, 0.4) is 0 Å². The SMILES string of the molecule is O=C(O)NC1CCC(NC2CCC(Nc3cc(-c4c[nH]c5ncccc45)cc(Cl)n3)CC2)CC1. The van der Waals surface area contributed by atoms with Crippen LogP contribution in [0.4, 0.5) is 10.6 Å². The van der Waals surface area contributed by atoms with E-state index in [9.17, 15) is 4.79 Å². The first-order chi connectivity index (χ1) is 16.5. The third kappa shape index (κ3) is 5.45. The van der Waals surface area contributed by atoms with Crippen molar-refractivity contribution in [2.24, 2.45) is 0 Å². The summed E-state index contributed by atoms with van der Waals surface area (Å²) in [4.78, 5) is 23.0. The minimum Gasteiger partial charge on any atom is -0.465 e. The predicted octanol–water partition coefficient (Wildman–Crippen LogP) is 5.17. The molecule has 8 nitrogen and oxygen atoms in total. The van der Waals surface area contributed by atoms with E-state index in [1.807, 2.05) is 18.3 Å². The van der Waals surface area contributed by atoms with Crippen molar-refractivity contribution >= 4 is 34.5 Å². The van der Waals surface area contributed by atoms with Crippen molar-refractivity contribution in [2.45, 2.75) is 75.5 Å². The van der Waals surface area contributed by atoms with E-state index in [0.717, 1.165) is 79.3 Å². The molecule has 3 aromatic rings. The topological polar surface area (TPSA) is 115 Å². The number of anilines is 1. The van der Waals surface area contributed by atoms with Gasteiger partial charge in [0.05, 0.1) is 0 Å². The molecule has 0 aliphatic heterocycles. The van der Waals surface area contributed by atoms with Gasteiger partial charge in [-0.25, -0.2) is 14.8 Å². The van der Waals surface area contributed by atoms with Gasteiger partial charge in [0.15, 0.2) is 0 Å². The summed E-state index contributed by atoms with van der Waals surface area (Å²) in [5.74, 6) is 0.807. The fourth-order valence-corrected chi connectivity index (χ4v) is 5.66. The molecule has 3 aromatic heterocycles. The number of aromatic nitrogens is 3. The van der Waals surface area contributed by atoms with Gasteiger partial charge < -0.3 is 26.0 Å². The molecule has 0 radical (unpaired) electrons. The molecule has 5 N–H and O–H groups in total. The molecule has 180 valence electrons. The summed E-state index contributed by atoms with van der Waals surface area (Å²) in [6, 6.07) is 9.44. The van der Waals surface area contributed by atoms with E-state index in [0.29, 0.717) is 23.3 Å². The average molecular weight is 483 g/mol. The highest BCUT2D eigenvalue weighted by atomic mass is 35.5. The van der Waals surface area contributed by atoms with E-state index in [-0.39, 0.29) is 6.04 Å². The highest BCUT2D eigenvalue weighted by Crippen LogP contribution is 2.32. The lowest BCUT2D eigenvalue weighted by molar-refractivity contribution is 0.182. The number of nitrogens with one attached hydrogen (secondary N) is 4. The van der Waals surface area contributed by atoms with Crippen molar-refractivity contribution in [3.8, 4) is 11.1 Å². The Balaban J connectivity index is 1.15. The molecule has 2 aliphatic rings. The molecule has 2 saturated carbocycles. The Bertz CT molecular complexity index is 1140. The molecule has 2 aliphatic carbocycles. The fraction of sp³-hybridized carbons (Fsp3) is 0.480. The van der Waals surface area contributed by atoms with Gasteiger partial charge in [-0.15, -0.1) is 0 Å². The minimum atomic E-state index is -0.915. The van der Waals surface area contributed by atoms with Crippen LogP contribution < -0.4 is 16.0 Å². The lowest BCUT2D eigenvalue weighted by atomic mass is 9.87. The molecular weight excluding hydrogens is 452 g/mol. The van der Waals surface area contributed by atoms with Crippen molar-refractivity contribution in [3.63, 3.8) is 0 Å². The molecule has 3 heterocycles. The lowest BCUT2D eigenvalue weighted by Gasteiger charge is -2.35. The second-order valence-corrected chi connectivity index (χ2v) is 9.91. The largest absolute Gasteiger partial charge is 0.465 e. The van der Waals surface area contributed by atoms with Crippen molar-refractivity contribution in [1.29, 1.82) is 0 Å². The first-order valence-electron chi connectivity index (χ1n) is 12.2. The molecule has 0 atom stereocenters. The number of fused-ring (bicyclic) bond motifs is 1. The van der Waals surface area contributed by atoms with Gasteiger partial charge in [-0.1, -0.05) is 11.6 Å². The zero-order valence-corrected chi connectivity index (χ0v) is 19.8. The number of hydrogen-bond donors (Lipinski definition) is 5. The second kappa shape index (κ2) is 10.2. The van der Waals surface area contributed by atoms with Gasteiger partial charge in [-0.3, -0.25) is 0 Å². The Labute approximate surface area is 203 Å². The number of nitrogens with zero attached hydrogens (tertiary/aromatic N) is 2. The van der Waals surface area contributed by atoms with Crippen LogP contribution in [0.25, 0.3) is 22.2 Å². The highest BCUT2D eigenvalue weighted by molar-refractivity contribution is 6.29. The molecule has 0 spiro atoms. The highest BCUT2D eigenvalue weighted by Gasteiger charge is 2.27. The summed E-state index contributed by atoms with van der Waals surface area (Å²) in [5, 5.41) is 20.5. The van der Waals surface area contributed by atoms with Gasteiger partial charge in [0.25, 0.3) is 0 Å². The number of carboxylic acid groups (broad SMARTS) is 1. The minimum absolute atomic E-state index is 0.103. The van der Waals surface area contributed by atoms with Gasteiger partial charge in [0, 0.05) is 47.5 Å². The molecule has 5 rings (SSSR count). The molecule has 0 saturated heterocycles. The Kier molecular flexibility index (Phi) is 6.87. The number of aromatic amines is 1. The fourth-order valence-electron chi connectivity index (χ4n) is 5.45. The maximum absolute atomic E-state index is 10.8. The molecule has 0 unspecified atom stereocenters. The van der Waals surface area contributed by atoms with Gasteiger partial charge in [0.2, 0.25) is 0 Å². The first-order valence-corrected chi connectivity index (χ1v) is 12.5. The van der Waals surface area contributed by atoms with Crippen LogP contribution in [0, 0.1) is 0 Å². The molecule has 34 heavy (non-hydrogen) atoms. The molecule has 2 fully saturated rings. The van der Waals surface area contributed by atoms with Crippen LogP contribution in [-0.4, -0.2) is 50.3 Å². The molecule has 1 amide bonds. The van der Waals surface area contributed by atoms with Gasteiger partial charge in [0.1, 0.15) is 16.6 Å². The number of rotatable bonds is 6. The Morgan fingerprint density at radius 2 is 1.68 bits per heavy atom. The van der Waals surface area contributed by atoms with Crippen molar-refractivity contribution in [2.75, 3.05) is 5.32 Å². The molecule has 0 aromatic carbocycles. The van der Waals surface area contributed by atoms with Gasteiger partial charge >= 0.3 is 6.09 Å². The standard InChI is InChI=1S/C25H31ClN6O2/c26-22-12-15(21-14-28-24-20(21)2-1-11-27-24)13-23(32-22)30-18-7-3-16(4-8-18)29-17-5-9-19(10-6-17)31-25(33)34/h1-2,11-14,16-19,29,31H,3-10H2,(H,27,28)(H,30,32)(H,33,34). The molecule has 0 bridgehead atoms. The summed E-state index contributed by atoms with van der Waals surface area (Å²) in [5.41, 5.74) is 2.94. The van der Waals surface area contributed by atoms with Gasteiger partial charge in [-0.2, -0.15) is 0 Å². The van der Waals surface area contributed by atoms with E-state index in [4.69, 9.17) is 16.7 Å². The summed E-state index contributed by atoms with van der Waals surface area (Å²) in [6.07, 6.45) is 11.1. The summed E-state index contributed by atoms with van der Waals surface area (Å²) in [7, 11) is 0. The van der Waals surface area contributed by atoms with E-state index in [1.54, 1.807) is 6.20 Å². The number of amides is 1. The van der Waals surface area contributed by atoms with Crippen LogP contribution in [0.5, 0.6) is 0 Å². The summed E-state index contributed by atoms with van der Waals surface area (Å²) < 4.78 is 0. The maximum atomic E-state index is 10.8. The number of carbonyl (C=O) groups is 1. The maximum Gasteiger partial charge on any atom is 0.404 e. The zero-order valence-electron chi connectivity index (χ0n) is 19.1. The average Bonchev–Trinajstić information content (AvgIpc) is 3.25. The molecule has 9 heteroatoms. The summed E-state index contributed by atoms with van der Waals surface area (Å²) >= 11 is 6.38. The van der Waals surface area contributed by atoms with Crippen LogP contribution in [0.1, 0.15) is 51.4 Å². The van der Waals surface area contributed by atoms with E-state index in [2.05, 4.69) is 43.0 Å². The third-order valence-corrected chi connectivity index (χ3v) is 7.36. The van der Waals surface area contributed by atoms with Crippen LogP contribution in [-0.2, 0) is 0 Å². The third-order valence-electron chi connectivity index (χ3n) is 7.16. The van der Waals surface area contributed by atoms with Crippen LogP contribution in [0.15, 0.2) is 36.7 Å². The first kappa shape index (κ1) is 22.9.